The van der Waals surface area contributed by atoms with Crippen molar-refractivity contribution in [2.75, 3.05) is 38.7 Å². The van der Waals surface area contributed by atoms with Gasteiger partial charge in [-0.15, -0.1) is 0 Å². The van der Waals surface area contributed by atoms with Crippen LogP contribution in [0.15, 0.2) is 72.8 Å². The third-order valence-electron chi connectivity index (χ3n) is 5.92. The Hall–Kier alpha value is -3.35. The van der Waals surface area contributed by atoms with Crippen molar-refractivity contribution in [3.05, 3.63) is 78.4 Å². The van der Waals surface area contributed by atoms with Gasteiger partial charge >= 0.3 is 0 Å². The third-order valence-corrected chi connectivity index (χ3v) is 5.92. The molecule has 1 saturated heterocycles. The summed E-state index contributed by atoms with van der Waals surface area (Å²) in [6.45, 7) is 8.03. The maximum atomic E-state index is 12.8. The Balaban J connectivity index is 1.34. The summed E-state index contributed by atoms with van der Waals surface area (Å²) in [5.41, 5.74) is 3.23. The van der Waals surface area contributed by atoms with Gasteiger partial charge in [-0.25, -0.2) is 0 Å². The molecule has 0 unspecified atom stereocenters. The number of ether oxygens (including phenoxy) is 3. The highest BCUT2D eigenvalue weighted by Gasteiger charge is 2.30. The van der Waals surface area contributed by atoms with Crippen LogP contribution in [0, 0.1) is 0 Å². The lowest BCUT2D eigenvalue weighted by molar-refractivity contribution is -0.128. The van der Waals surface area contributed by atoms with Crippen LogP contribution in [0.2, 0.25) is 0 Å². The van der Waals surface area contributed by atoms with Crippen LogP contribution in [0.3, 0.4) is 0 Å². The lowest BCUT2D eigenvalue weighted by atomic mass is 10.0. The number of rotatable bonds is 8. The highest BCUT2D eigenvalue weighted by Crippen LogP contribution is 2.25. The lowest BCUT2D eigenvalue weighted by Crippen LogP contribution is -2.42. The van der Waals surface area contributed by atoms with Crippen molar-refractivity contribution in [3.63, 3.8) is 0 Å². The molecule has 0 bridgehead atoms. The summed E-state index contributed by atoms with van der Waals surface area (Å²) in [7, 11) is 1.61. The quantitative estimate of drug-likeness (QED) is 0.513. The standard InChI is InChI=1S/C28H32N2O4/c1-28(2,34-26-14-12-25(32-3)13-15-26)27(31)29-24-10-8-23(9-11-24)22-6-4-21(5-7-22)20-30-16-18-33-19-17-30/h4-15H,16-20H2,1-3H3,(H,29,31). The molecule has 1 amide bonds. The number of carbonyl (C=O) groups is 1. The molecular formula is C28H32N2O4. The maximum Gasteiger partial charge on any atom is 0.267 e. The van der Waals surface area contributed by atoms with Gasteiger partial charge in [-0.3, -0.25) is 9.69 Å². The van der Waals surface area contributed by atoms with E-state index in [4.69, 9.17) is 14.2 Å². The monoisotopic (exact) mass is 460 g/mol. The molecule has 0 atom stereocenters. The molecule has 4 rings (SSSR count). The number of nitrogens with one attached hydrogen (secondary N) is 1. The van der Waals surface area contributed by atoms with Crippen LogP contribution in [-0.2, 0) is 16.1 Å². The number of benzene rings is 3. The van der Waals surface area contributed by atoms with Gasteiger partial charge in [0, 0.05) is 25.3 Å². The van der Waals surface area contributed by atoms with E-state index in [1.54, 1.807) is 45.2 Å². The molecule has 1 heterocycles. The first-order valence-electron chi connectivity index (χ1n) is 11.6. The zero-order valence-corrected chi connectivity index (χ0v) is 20.0. The van der Waals surface area contributed by atoms with Gasteiger partial charge in [0.25, 0.3) is 5.91 Å². The van der Waals surface area contributed by atoms with E-state index in [1.807, 2.05) is 24.3 Å². The summed E-state index contributed by atoms with van der Waals surface area (Å²) in [5.74, 6) is 1.12. The molecule has 6 nitrogen and oxygen atoms in total. The van der Waals surface area contributed by atoms with Gasteiger partial charge in [0.05, 0.1) is 20.3 Å². The molecule has 1 fully saturated rings. The van der Waals surface area contributed by atoms with Crippen LogP contribution in [0.1, 0.15) is 19.4 Å². The maximum absolute atomic E-state index is 12.8. The van der Waals surface area contributed by atoms with E-state index in [1.165, 1.54) is 5.56 Å². The van der Waals surface area contributed by atoms with Crippen LogP contribution in [0.5, 0.6) is 11.5 Å². The van der Waals surface area contributed by atoms with Crippen molar-refractivity contribution in [3.8, 4) is 22.6 Å². The van der Waals surface area contributed by atoms with Gasteiger partial charge in [-0.05, 0) is 66.9 Å². The van der Waals surface area contributed by atoms with E-state index in [0.717, 1.165) is 55.4 Å². The average Bonchev–Trinajstić information content (AvgIpc) is 2.86. The van der Waals surface area contributed by atoms with E-state index >= 15 is 0 Å². The molecule has 0 spiro atoms. The SMILES string of the molecule is COc1ccc(OC(C)(C)C(=O)Nc2ccc(-c3ccc(CN4CCOCC4)cc3)cc2)cc1. The van der Waals surface area contributed by atoms with Crippen molar-refractivity contribution in [1.29, 1.82) is 0 Å². The Morgan fingerprint density at radius 3 is 2.03 bits per heavy atom. The van der Waals surface area contributed by atoms with Gasteiger partial charge in [0.15, 0.2) is 5.60 Å². The Kier molecular flexibility index (Phi) is 7.50. The second-order valence-electron chi connectivity index (χ2n) is 8.90. The first kappa shape index (κ1) is 23.8. The van der Waals surface area contributed by atoms with Gasteiger partial charge in [0.2, 0.25) is 0 Å². The van der Waals surface area contributed by atoms with Gasteiger partial charge < -0.3 is 19.5 Å². The number of nitrogens with zero attached hydrogens (tertiary/aromatic N) is 1. The smallest absolute Gasteiger partial charge is 0.267 e. The minimum absolute atomic E-state index is 0.219. The van der Waals surface area contributed by atoms with Crippen LogP contribution < -0.4 is 14.8 Å². The van der Waals surface area contributed by atoms with Crippen LogP contribution in [0.4, 0.5) is 5.69 Å². The summed E-state index contributed by atoms with van der Waals surface area (Å²) in [5, 5.41) is 2.95. The van der Waals surface area contributed by atoms with E-state index in [-0.39, 0.29) is 5.91 Å². The first-order valence-corrected chi connectivity index (χ1v) is 11.6. The largest absolute Gasteiger partial charge is 0.497 e. The first-order chi connectivity index (χ1) is 16.4. The third kappa shape index (κ3) is 6.16. The normalized spacial score (nSPS) is 14.4. The molecule has 0 aliphatic carbocycles. The summed E-state index contributed by atoms with van der Waals surface area (Å²) in [6.07, 6.45) is 0. The van der Waals surface area contributed by atoms with Crippen LogP contribution in [-0.4, -0.2) is 49.8 Å². The lowest BCUT2D eigenvalue weighted by Gasteiger charge is -2.26. The highest BCUT2D eigenvalue weighted by atomic mass is 16.5. The zero-order chi connectivity index (χ0) is 24.0. The highest BCUT2D eigenvalue weighted by molar-refractivity contribution is 5.97. The van der Waals surface area contributed by atoms with Crippen molar-refractivity contribution < 1.29 is 19.0 Å². The van der Waals surface area contributed by atoms with Gasteiger partial charge in [0.1, 0.15) is 11.5 Å². The van der Waals surface area contributed by atoms with Gasteiger partial charge in [-0.1, -0.05) is 36.4 Å². The molecule has 178 valence electrons. The molecule has 1 aliphatic rings. The fraction of sp³-hybridized carbons (Fsp3) is 0.321. The Bertz CT molecular complexity index is 1070. The fourth-order valence-electron chi connectivity index (χ4n) is 3.83. The molecule has 1 N–H and O–H groups in total. The molecule has 6 heteroatoms. The topological polar surface area (TPSA) is 60.0 Å². The number of hydrogen-bond acceptors (Lipinski definition) is 5. The Labute approximate surface area is 201 Å². The van der Waals surface area contributed by atoms with E-state index in [9.17, 15) is 4.79 Å². The molecule has 0 aromatic heterocycles. The van der Waals surface area contributed by atoms with Crippen LogP contribution in [0.25, 0.3) is 11.1 Å². The van der Waals surface area contributed by atoms with E-state index in [0.29, 0.717) is 5.75 Å². The van der Waals surface area contributed by atoms with Crippen molar-refractivity contribution in [2.24, 2.45) is 0 Å². The molecule has 1 aliphatic heterocycles. The minimum atomic E-state index is -1.04. The summed E-state index contributed by atoms with van der Waals surface area (Å²) in [4.78, 5) is 15.3. The summed E-state index contributed by atoms with van der Waals surface area (Å²) < 4.78 is 16.5. The number of hydrogen-bond donors (Lipinski definition) is 1. The summed E-state index contributed by atoms with van der Waals surface area (Å²) in [6, 6.07) is 23.7. The molecular weight excluding hydrogens is 428 g/mol. The molecule has 3 aromatic rings. The summed E-state index contributed by atoms with van der Waals surface area (Å²) >= 11 is 0. The molecule has 34 heavy (non-hydrogen) atoms. The number of morpholine rings is 1. The fourth-order valence-corrected chi connectivity index (χ4v) is 3.83. The van der Waals surface area contributed by atoms with Crippen molar-refractivity contribution >= 4 is 11.6 Å². The average molecular weight is 461 g/mol. The van der Waals surface area contributed by atoms with Gasteiger partial charge in [-0.2, -0.15) is 0 Å². The Morgan fingerprint density at radius 2 is 1.44 bits per heavy atom. The minimum Gasteiger partial charge on any atom is -0.497 e. The van der Waals surface area contributed by atoms with Crippen LogP contribution >= 0.6 is 0 Å². The Morgan fingerprint density at radius 1 is 0.882 bits per heavy atom. The zero-order valence-electron chi connectivity index (χ0n) is 20.0. The predicted molar refractivity (Wildman–Crippen MR) is 134 cm³/mol. The number of methoxy groups -OCH3 is 1. The number of anilines is 1. The molecule has 0 saturated carbocycles. The predicted octanol–water partition coefficient (Wildman–Crippen LogP) is 4.99. The number of amides is 1. The van der Waals surface area contributed by atoms with E-state index in [2.05, 4.69) is 34.5 Å². The second-order valence-corrected chi connectivity index (χ2v) is 8.90. The molecule has 3 aromatic carbocycles. The number of carbonyl (C=O) groups excluding carboxylic acids is 1. The van der Waals surface area contributed by atoms with Crippen molar-refractivity contribution in [1.82, 2.24) is 4.90 Å². The molecule has 0 radical (unpaired) electrons. The van der Waals surface area contributed by atoms with E-state index < -0.39 is 5.60 Å². The van der Waals surface area contributed by atoms with Crippen molar-refractivity contribution in [2.45, 2.75) is 26.0 Å². The second kappa shape index (κ2) is 10.7.